The number of rotatable bonds is 7. The first-order valence-corrected chi connectivity index (χ1v) is 10.4. The van der Waals surface area contributed by atoms with Crippen LogP contribution in [0.25, 0.3) is 11.1 Å². The Morgan fingerprint density at radius 2 is 1.50 bits per heavy atom. The molecule has 0 unspecified atom stereocenters. The highest BCUT2D eigenvalue weighted by Gasteiger charge is 2.30. The second-order valence-corrected chi connectivity index (χ2v) is 7.50. The van der Waals surface area contributed by atoms with Gasteiger partial charge in [0.25, 0.3) is 0 Å². The van der Waals surface area contributed by atoms with Crippen LogP contribution in [0.3, 0.4) is 0 Å². The molecule has 2 aliphatic rings. The molecule has 164 valence electrons. The molecule has 3 nitrogen and oxygen atoms in total. The maximum atomic E-state index is 2.61. The van der Waals surface area contributed by atoms with Crippen molar-refractivity contribution in [1.29, 1.82) is 0 Å². The summed E-state index contributed by atoms with van der Waals surface area (Å²) in [6, 6.07) is 19.8. The zero-order valence-corrected chi connectivity index (χ0v) is 21.4. The molecule has 2 N–H and O–H groups in total. The topological polar surface area (TPSA) is 38.0 Å². The van der Waals surface area contributed by atoms with Gasteiger partial charge in [-0.2, -0.15) is 0 Å². The van der Waals surface area contributed by atoms with E-state index in [2.05, 4.69) is 84.3 Å². The van der Waals surface area contributed by atoms with Crippen molar-refractivity contribution in [1.82, 2.24) is 9.80 Å². The average molecular weight is 538 g/mol. The molecule has 0 radical (unpaired) electrons. The molecule has 1 aliphatic heterocycles. The van der Waals surface area contributed by atoms with Gasteiger partial charge in [0.15, 0.2) is 0 Å². The number of benzene rings is 2. The molecule has 0 amide bonds. The highest BCUT2D eigenvalue weighted by Crippen LogP contribution is 2.45. The largest absolute Gasteiger partial charge is 0.412 e. The predicted molar refractivity (Wildman–Crippen MR) is 140 cm³/mol. The summed E-state index contributed by atoms with van der Waals surface area (Å²) in [5.41, 5.74) is 8.56. The summed E-state index contributed by atoms with van der Waals surface area (Å²) in [5, 5.41) is 0. The van der Waals surface area contributed by atoms with Crippen molar-refractivity contribution in [2.75, 3.05) is 39.3 Å². The summed E-state index contributed by atoms with van der Waals surface area (Å²) in [5.74, 6) is 0. The highest BCUT2D eigenvalue weighted by atomic mass is 79.9. The molecule has 0 atom stereocenters. The molecular formula is C25H34Br2N2O. The third kappa shape index (κ3) is 5.51. The second-order valence-electron chi connectivity index (χ2n) is 7.50. The Morgan fingerprint density at radius 1 is 0.867 bits per heavy atom. The van der Waals surface area contributed by atoms with E-state index in [0.717, 1.165) is 26.2 Å². The van der Waals surface area contributed by atoms with E-state index >= 15 is 0 Å². The highest BCUT2D eigenvalue weighted by molar-refractivity contribution is 8.93. The predicted octanol–water partition coefficient (Wildman–Crippen LogP) is 5.26. The van der Waals surface area contributed by atoms with E-state index in [4.69, 9.17) is 0 Å². The van der Waals surface area contributed by atoms with Crippen LogP contribution < -0.4 is 0 Å². The van der Waals surface area contributed by atoms with Crippen LogP contribution in [0.4, 0.5) is 0 Å². The van der Waals surface area contributed by atoms with Gasteiger partial charge in [0.05, 0.1) is 0 Å². The number of hydrogen-bond donors (Lipinski definition) is 0. The summed E-state index contributed by atoms with van der Waals surface area (Å²) in [7, 11) is 0. The Bertz CT molecular complexity index is 860. The Morgan fingerprint density at radius 3 is 2.17 bits per heavy atom. The fourth-order valence-electron chi connectivity index (χ4n) is 4.46. The maximum absolute atomic E-state index is 2.61. The molecule has 1 heterocycles. The van der Waals surface area contributed by atoms with Crippen LogP contribution in [-0.4, -0.2) is 54.5 Å². The van der Waals surface area contributed by atoms with Gasteiger partial charge in [-0.1, -0.05) is 74.5 Å². The van der Waals surface area contributed by atoms with Crippen LogP contribution in [0.5, 0.6) is 0 Å². The number of nitrogens with zero attached hydrogens (tertiary/aromatic N) is 2. The van der Waals surface area contributed by atoms with Crippen molar-refractivity contribution in [3.05, 3.63) is 82.9 Å². The van der Waals surface area contributed by atoms with E-state index in [9.17, 15) is 0 Å². The Balaban J connectivity index is 0.00000150. The molecule has 2 aromatic carbocycles. The molecule has 5 heteroatoms. The Kier molecular flexibility index (Phi) is 11.2. The summed E-state index contributed by atoms with van der Waals surface area (Å²) < 4.78 is 0. The van der Waals surface area contributed by atoms with Crippen LogP contribution >= 0.6 is 34.0 Å². The van der Waals surface area contributed by atoms with E-state index < -0.39 is 0 Å². The number of hydrogen-bond acceptors (Lipinski definition) is 2. The number of fused-ring (bicyclic) bond motifs is 3. The van der Waals surface area contributed by atoms with Crippen LogP contribution in [0.2, 0.25) is 0 Å². The van der Waals surface area contributed by atoms with E-state index in [1.807, 2.05) is 0 Å². The van der Waals surface area contributed by atoms with Gasteiger partial charge in [-0.15, -0.1) is 34.0 Å². The monoisotopic (exact) mass is 536 g/mol. The quantitative estimate of drug-likeness (QED) is 0.483. The fourth-order valence-corrected chi connectivity index (χ4v) is 4.46. The van der Waals surface area contributed by atoms with Gasteiger partial charge in [-0.25, -0.2) is 0 Å². The summed E-state index contributed by atoms with van der Waals surface area (Å²) in [6.07, 6.45) is 3.69. The van der Waals surface area contributed by atoms with Crippen molar-refractivity contribution in [3.8, 4) is 0 Å². The smallest absolute Gasteiger partial charge is 0.0249 e. The average Bonchev–Trinajstić information content (AvgIpc) is 3.05. The van der Waals surface area contributed by atoms with Crippen molar-refractivity contribution < 1.29 is 5.48 Å². The lowest BCUT2D eigenvalue weighted by atomic mass is 9.96. The third-order valence-corrected chi connectivity index (χ3v) is 5.95. The third-order valence-electron chi connectivity index (χ3n) is 5.95. The van der Waals surface area contributed by atoms with E-state index in [1.165, 1.54) is 52.9 Å². The molecule has 0 spiro atoms. The van der Waals surface area contributed by atoms with Crippen LogP contribution in [0.15, 0.2) is 66.2 Å². The molecule has 0 saturated carbocycles. The lowest BCUT2D eigenvalue weighted by Gasteiger charge is -2.28. The van der Waals surface area contributed by atoms with Crippen molar-refractivity contribution >= 4 is 45.1 Å². The zero-order chi connectivity index (χ0) is 18.6. The first kappa shape index (κ1) is 26.8. The van der Waals surface area contributed by atoms with Crippen molar-refractivity contribution in [2.45, 2.75) is 20.3 Å². The van der Waals surface area contributed by atoms with Gasteiger partial charge in [0, 0.05) is 19.6 Å². The molecular weight excluding hydrogens is 504 g/mol. The fraction of sp³-hybridized carbons (Fsp3) is 0.360. The van der Waals surface area contributed by atoms with Gasteiger partial charge >= 0.3 is 0 Å². The van der Waals surface area contributed by atoms with E-state index in [1.54, 1.807) is 0 Å². The molecule has 1 aliphatic carbocycles. The van der Waals surface area contributed by atoms with E-state index in [-0.39, 0.29) is 39.4 Å². The first-order valence-electron chi connectivity index (χ1n) is 10.4. The summed E-state index contributed by atoms with van der Waals surface area (Å²) in [6.45, 7) is 11.3. The van der Waals surface area contributed by atoms with Gasteiger partial charge in [0.1, 0.15) is 0 Å². The molecule has 0 saturated heterocycles. The minimum absolute atomic E-state index is 0. The van der Waals surface area contributed by atoms with Gasteiger partial charge in [0.2, 0.25) is 0 Å². The zero-order valence-electron chi connectivity index (χ0n) is 17.9. The minimum Gasteiger partial charge on any atom is -0.412 e. The van der Waals surface area contributed by atoms with E-state index in [0.29, 0.717) is 0 Å². The molecule has 0 aromatic heterocycles. The van der Waals surface area contributed by atoms with Crippen LogP contribution in [0, 0.1) is 0 Å². The molecule has 30 heavy (non-hydrogen) atoms. The van der Waals surface area contributed by atoms with Gasteiger partial charge in [-0.05, 0) is 59.5 Å². The van der Waals surface area contributed by atoms with Gasteiger partial charge in [-0.3, -0.25) is 4.90 Å². The Labute approximate surface area is 202 Å². The lowest BCUT2D eigenvalue weighted by Crippen LogP contribution is -2.33. The summed E-state index contributed by atoms with van der Waals surface area (Å²) >= 11 is 0. The maximum Gasteiger partial charge on any atom is 0.0249 e. The lowest BCUT2D eigenvalue weighted by molar-refractivity contribution is 0.259. The normalized spacial score (nSPS) is 14.8. The van der Waals surface area contributed by atoms with Crippen molar-refractivity contribution in [2.24, 2.45) is 0 Å². The molecule has 0 bridgehead atoms. The minimum atomic E-state index is 0. The SMILES string of the molecule is Br.Br.CCN(CC)CCCN1CC=C2C(=C(c3ccccc3)c3ccccc32)C1.O. The second kappa shape index (κ2) is 12.6. The molecule has 4 rings (SSSR count). The van der Waals surface area contributed by atoms with Crippen LogP contribution in [-0.2, 0) is 0 Å². The standard InChI is InChI=1S/C25H30N2.2BrH.H2O/c1-3-26(4-2)16-10-17-27-18-15-22-21-13-8-9-14-23(21)25(24(22)19-27)20-11-6-5-7-12-20;;;/h5-9,11-15H,3-4,10,16-19H2,1-2H3;2*1H;1H2. The van der Waals surface area contributed by atoms with Crippen molar-refractivity contribution in [3.63, 3.8) is 0 Å². The molecule has 2 aromatic rings. The molecule has 0 fully saturated rings. The first-order chi connectivity index (χ1) is 13.3. The summed E-state index contributed by atoms with van der Waals surface area (Å²) in [4.78, 5) is 5.13. The Hall–Kier alpha value is -1.24. The number of halogens is 2. The van der Waals surface area contributed by atoms with Gasteiger partial charge < -0.3 is 10.4 Å². The van der Waals surface area contributed by atoms with Crippen LogP contribution in [0.1, 0.15) is 37.0 Å².